The van der Waals surface area contributed by atoms with Gasteiger partial charge in [0.05, 0.1) is 5.69 Å². The molecule has 0 bridgehead atoms. The third-order valence-electron chi connectivity index (χ3n) is 3.16. The van der Waals surface area contributed by atoms with Crippen LogP contribution in [0.25, 0.3) is 0 Å². The zero-order valence-corrected chi connectivity index (χ0v) is 10.7. The molecule has 2 heterocycles. The first kappa shape index (κ1) is 14.4. The number of halogens is 3. The van der Waals surface area contributed by atoms with Crippen LogP contribution in [0.2, 0.25) is 0 Å². The van der Waals surface area contributed by atoms with E-state index in [1.54, 1.807) is 17.9 Å². The van der Waals surface area contributed by atoms with Crippen molar-refractivity contribution in [3.63, 3.8) is 0 Å². The van der Waals surface area contributed by atoms with Crippen LogP contribution in [0.4, 0.5) is 18.9 Å². The maximum Gasteiger partial charge on any atom is 0.412 e. The van der Waals surface area contributed by atoms with Gasteiger partial charge >= 0.3 is 12.1 Å². The molecule has 1 aromatic heterocycles. The molecule has 1 aliphatic heterocycles. The normalized spacial score (nSPS) is 16.0. The number of carboxylic acids is 1. The lowest BCUT2D eigenvalue weighted by Gasteiger charge is -2.30. The SMILES string of the molecule is Cc1cc(N2CC=C(C(F)(F)F)CC2)c(C(=O)O)cn1. The van der Waals surface area contributed by atoms with Gasteiger partial charge in [-0.25, -0.2) is 4.79 Å². The van der Waals surface area contributed by atoms with Gasteiger partial charge in [0, 0.05) is 30.6 Å². The highest BCUT2D eigenvalue weighted by Crippen LogP contribution is 2.32. The monoisotopic (exact) mass is 286 g/mol. The maximum atomic E-state index is 12.6. The largest absolute Gasteiger partial charge is 0.478 e. The minimum absolute atomic E-state index is 0.000501. The number of aryl methyl sites for hydroxylation is 1. The van der Waals surface area contributed by atoms with E-state index in [-0.39, 0.29) is 25.1 Å². The standard InChI is InChI=1S/C13H13F3N2O2/c1-8-6-11(10(7-17-8)12(19)20)18-4-2-9(3-5-18)13(14,15)16/h2,6-7H,3-5H2,1H3,(H,19,20). The third-order valence-corrected chi connectivity index (χ3v) is 3.16. The Hall–Kier alpha value is -2.05. The summed E-state index contributed by atoms with van der Waals surface area (Å²) < 4.78 is 37.7. The number of nitrogens with zero attached hydrogens (tertiary/aromatic N) is 2. The van der Waals surface area contributed by atoms with Crippen LogP contribution in [-0.2, 0) is 0 Å². The van der Waals surface area contributed by atoms with Gasteiger partial charge in [0.2, 0.25) is 0 Å². The Kier molecular flexibility index (Phi) is 3.69. The summed E-state index contributed by atoms with van der Waals surface area (Å²) in [5, 5.41) is 9.11. The van der Waals surface area contributed by atoms with E-state index in [1.807, 2.05) is 0 Å². The van der Waals surface area contributed by atoms with Crippen molar-refractivity contribution >= 4 is 11.7 Å². The molecule has 0 radical (unpaired) electrons. The van der Waals surface area contributed by atoms with E-state index in [0.29, 0.717) is 11.4 Å². The molecule has 1 N–H and O–H groups in total. The summed E-state index contributed by atoms with van der Waals surface area (Å²) in [6.07, 6.45) is -2.12. The van der Waals surface area contributed by atoms with Gasteiger partial charge in [-0.15, -0.1) is 0 Å². The summed E-state index contributed by atoms with van der Waals surface area (Å²) in [5.74, 6) is -1.14. The van der Waals surface area contributed by atoms with Crippen LogP contribution >= 0.6 is 0 Å². The number of hydrogen-bond donors (Lipinski definition) is 1. The summed E-state index contributed by atoms with van der Waals surface area (Å²) in [4.78, 5) is 16.7. The van der Waals surface area contributed by atoms with Crippen molar-refractivity contribution < 1.29 is 23.1 Å². The average Bonchev–Trinajstić information content (AvgIpc) is 2.37. The predicted octanol–water partition coefficient (Wildman–Crippen LogP) is 2.79. The van der Waals surface area contributed by atoms with Gasteiger partial charge in [-0.2, -0.15) is 13.2 Å². The highest BCUT2D eigenvalue weighted by atomic mass is 19.4. The van der Waals surface area contributed by atoms with Crippen LogP contribution < -0.4 is 4.90 Å². The highest BCUT2D eigenvalue weighted by molar-refractivity contribution is 5.94. The van der Waals surface area contributed by atoms with Crippen LogP contribution in [0.1, 0.15) is 22.5 Å². The molecule has 0 saturated heterocycles. The summed E-state index contributed by atoms with van der Waals surface area (Å²) in [7, 11) is 0. The number of aromatic carboxylic acids is 1. The number of rotatable bonds is 2. The number of hydrogen-bond acceptors (Lipinski definition) is 3. The number of anilines is 1. The average molecular weight is 286 g/mol. The topological polar surface area (TPSA) is 53.4 Å². The van der Waals surface area contributed by atoms with Crippen LogP contribution in [-0.4, -0.2) is 35.3 Å². The van der Waals surface area contributed by atoms with E-state index >= 15 is 0 Å². The summed E-state index contributed by atoms with van der Waals surface area (Å²) in [6.45, 7) is 1.88. The van der Waals surface area contributed by atoms with Crippen molar-refractivity contribution in [3.8, 4) is 0 Å². The van der Waals surface area contributed by atoms with E-state index < -0.39 is 17.7 Å². The van der Waals surface area contributed by atoms with Crippen molar-refractivity contribution in [1.82, 2.24) is 4.98 Å². The third kappa shape index (κ3) is 2.92. The van der Waals surface area contributed by atoms with Gasteiger partial charge in [0.1, 0.15) is 5.56 Å². The van der Waals surface area contributed by atoms with Gasteiger partial charge in [-0.1, -0.05) is 6.08 Å². The Morgan fingerprint density at radius 1 is 1.45 bits per heavy atom. The predicted molar refractivity (Wildman–Crippen MR) is 66.9 cm³/mol. The number of carbonyl (C=O) groups is 1. The molecule has 0 atom stereocenters. The Morgan fingerprint density at radius 3 is 2.65 bits per heavy atom. The lowest BCUT2D eigenvalue weighted by atomic mass is 10.1. The number of pyridine rings is 1. The Morgan fingerprint density at radius 2 is 2.15 bits per heavy atom. The molecule has 108 valence electrons. The smallest absolute Gasteiger partial charge is 0.412 e. The van der Waals surface area contributed by atoms with Crippen molar-refractivity contribution in [3.05, 3.63) is 35.2 Å². The summed E-state index contributed by atoms with van der Waals surface area (Å²) in [6, 6.07) is 1.58. The molecule has 1 aromatic rings. The molecule has 0 amide bonds. The first-order valence-corrected chi connectivity index (χ1v) is 6.00. The molecular formula is C13H13F3N2O2. The second-order valence-corrected chi connectivity index (χ2v) is 4.57. The van der Waals surface area contributed by atoms with Gasteiger partial charge in [0.25, 0.3) is 0 Å². The van der Waals surface area contributed by atoms with E-state index in [4.69, 9.17) is 5.11 Å². The number of alkyl halides is 3. The van der Waals surface area contributed by atoms with E-state index in [2.05, 4.69) is 4.98 Å². The molecule has 20 heavy (non-hydrogen) atoms. The zero-order valence-electron chi connectivity index (χ0n) is 10.7. The lowest BCUT2D eigenvalue weighted by Crippen LogP contribution is -2.33. The molecule has 0 unspecified atom stereocenters. The molecule has 7 heteroatoms. The fourth-order valence-electron chi connectivity index (χ4n) is 2.12. The summed E-state index contributed by atoms with van der Waals surface area (Å²) >= 11 is 0. The number of aromatic nitrogens is 1. The van der Waals surface area contributed by atoms with E-state index in [0.717, 1.165) is 6.08 Å². The lowest BCUT2D eigenvalue weighted by molar-refractivity contribution is -0.0944. The Bertz CT molecular complexity index is 567. The first-order chi connectivity index (χ1) is 9.29. The quantitative estimate of drug-likeness (QED) is 0.849. The molecule has 0 aliphatic carbocycles. The molecule has 0 aromatic carbocycles. The first-order valence-electron chi connectivity index (χ1n) is 6.00. The highest BCUT2D eigenvalue weighted by Gasteiger charge is 2.35. The molecule has 0 spiro atoms. The minimum Gasteiger partial charge on any atom is -0.478 e. The Labute approximate surface area is 113 Å². The maximum absolute atomic E-state index is 12.6. The number of carboxylic acid groups (broad SMARTS) is 1. The minimum atomic E-state index is -4.31. The second-order valence-electron chi connectivity index (χ2n) is 4.57. The molecule has 4 nitrogen and oxygen atoms in total. The van der Waals surface area contributed by atoms with Crippen molar-refractivity contribution in [2.75, 3.05) is 18.0 Å². The fraction of sp³-hybridized carbons (Fsp3) is 0.385. The molecule has 0 saturated carbocycles. The zero-order chi connectivity index (χ0) is 14.9. The molecule has 1 aliphatic rings. The van der Waals surface area contributed by atoms with Gasteiger partial charge in [-0.05, 0) is 19.4 Å². The van der Waals surface area contributed by atoms with Gasteiger partial charge in [0.15, 0.2) is 0 Å². The molecule has 2 rings (SSSR count). The van der Waals surface area contributed by atoms with Gasteiger partial charge < -0.3 is 10.0 Å². The summed E-state index contributed by atoms with van der Waals surface area (Å²) in [5.41, 5.74) is 0.467. The second kappa shape index (κ2) is 5.15. The molecule has 0 fully saturated rings. The van der Waals surface area contributed by atoms with Gasteiger partial charge in [-0.3, -0.25) is 4.98 Å². The van der Waals surface area contributed by atoms with Crippen LogP contribution in [0.5, 0.6) is 0 Å². The van der Waals surface area contributed by atoms with Crippen molar-refractivity contribution in [1.29, 1.82) is 0 Å². The Balaban J connectivity index is 2.29. The molecular weight excluding hydrogens is 273 g/mol. The van der Waals surface area contributed by atoms with Crippen LogP contribution in [0.15, 0.2) is 23.9 Å². The van der Waals surface area contributed by atoms with Crippen LogP contribution in [0, 0.1) is 6.92 Å². The fourth-order valence-corrected chi connectivity index (χ4v) is 2.12. The van der Waals surface area contributed by atoms with E-state index in [9.17, 15) is 18.0 Å². The van der Waals surface area contributed by atoms with E-state index in [1.165, 1.54) is 6.20 Å². The van der Waals surface area contributed by atoms with Crippen molar-refractivity contribution in [2.45, 2.75) is 19.5 Å². The van der Waals surface area contributed by atoms with Crippen molar-refractivity contribution in [2.24, 2.45) is 0 Å². The van der Waals surface area contributed by atoms with Crippen LogP contribution in [0.3, 0.4) is 0 Å².